The Labute approximate surface area is 88.6 Å². The van der Waals surface area contributed by atoms with Crippen LogP contribution in [0.25, 0.3) is 0 Å². The van der Waals surface area contributed by atoms with E-state index in [0.717, 1.165) is 0 Å². The van der Waals surface area contributed by atoms with Gasteiger partial charge in [-0.2, -0.15) is 5.10 Å². The maximum atomic E-state index is 11.2. The maximum Gasteiger partial charge on any atom is 0.254 e. The molecule has 1 aromatic heterocycles. The van der Waals surface area contributed by atoms with Crippen molar-refractivity contribution in [1.82, 2.24) is 9.78 Å². The molecule has 1 heterocycles. The van der Waals surface area contributed by atoms with Gasteiger partial charge in [-0.15, -0.1) is 0 Å². The first-order chi connectivity index (χ1) is 6.93. The van der Waals surface area contributed by atoms with Gasteiger partial charge in [0.15, 0.2) is 0 Å². The molecule has 84 valence electrons. The monoisotopic (exact) mass is 211 g/mol. The number of nitrogens with two attached hydrogens (primary N) is 2. The zero-order chi connectivity index (χ0) is 11.6. The minimum absolute atomic E-state index is 0.000864. The van der Waals surface area contributed by atoms with Crippen LogP contribution in [0.4, 0.5) is 5.82 Å². The van der Waals surface area contributed by atoms with Crippen molar-refractivity contribution in [2.24, 2.45) is 18.5 Å². The minimum atomic E-state index is -0.479. The number of nitrogens with zero attached hydrogens (tertiary/aromatic N) is 2. The molecule has 0 spiro atoms. The summed E-state index contributed by atoms with van der Waals surface area (Å²) in [7, 11) is 1.75. The van der Waals surface area contributed by atoms with E-state index in [1.54, 1.807) is 18.7 Å². The topological polar surface area (TPSA) is 99.0 Å². The Kier molecular flexibility index (Phi) is 3.31. The average molecular weight is 211 g/mol. The standard InChI is InChI=1S/C9H17N5O/c1-5(10)4-12-9-7(8(11)15)6(2)13-14(9)3/h5,12H,4,10H2,1-3H3,(H2,11,15). The van der Waals surface area contributed by atoms with Gasteiger partial charge >= 0.3 is 0 Å². The van der Waals surface area contributed by atoms with Crippen molar-refractivity contribution >= 4 is 11.7 Å². The molecule has 1 unspecified atom stereocenters. The number of rotatable bonds is 4. The van der Waals surface area contributed by atoms with Crippen LogP contribution in [0, 0.1) is 6.92 Å². The van der Waals surface area contributed by atoms with Gasteiger partial charge in [-0.1, -0.05) is 0 Å². The van der Waals surface area contributed by atoms with Gasteiger partial charge in [0.1, 0.15) is 11.4 Å². The lowest BCUT2D eigenvalue weighted by Gasteiger charge is -2.10. The number of aryl methyl sites for hydroxylation is 2. The summed E-state index contributed by atoms with van der Waals surface area (Å²) < 4.78 is 1.60. The van der Waals surface area contributed by atoms with Gasteiger partial charge in [0.05, 0.1) is 5.69 Å². The number of hydrogen-bond donors (Lipinski definition) is 3. The average Bonchev–Trinajstić information content (AvgIpc) is 2.37. The highest BCUT2D eigenvalue weighted by molar-refractivity contribution is 5.98. The third kappa shape index (κ3) is 2.47. The Morgan fingerprint density at radius 2 is 2.27 bits per heavy atom. The molecule has 0 aromatic carbocycles. The number of anilines is 1. The lowest BCUT2D eigenvalue weighted by atomic mass is 10.2. The summed E-state index contributed by atoms with van der Waals surface area (Å²) in [6, 6.07) is 0.000864. The summed E-state index contributed by atoms with van der Waals surface area (Å²) in [5.74, 6) is 0.144. The lowest BCUT2D eigenvalue weighted by Crippen LogP contribution is -2.27. The normalized spacial score (nSPS) is 12.5. The predicted molar refractivity (Wildman–Crippen MR) is 58.6 cm³/mol. The van der Waals surface area contributed by atoms with Gasteiger partial charge in [-0.3, -0.25) is 9.48 Å². The van der Waals surface area contributed by atoms with Gasteiger partial charge in [-0.25, -0.2) is 0 Å². The van der Waals surface area contributed by atoms with Crippen LogP contribution in [0.5, 0.6) is 0 Å². The Morgan fingerprint density at radius 1 is 1.67 bits per heavy atom. The van der Waals surface area contributed by atoms with Gasteiger partial charge < -0.3 is 16.8 Å². The largest absolute Gasteiger partial charge is 0.368 e. The molecule has 0 saturated carbocycles. The van der Waals surface area contributed by atoms with Crippen molar-refractivity contribution in [3.05, 3.63) is 11.3 Å². The number of carbonyl (C=O) groups excluding carboxylic acids is 1. The number of amides is 1. The summed E-state index contributed by atoms with van der Waals surface area (Å²) in [6.45, 7) is 4.19. The van der Waals surface area contributed by atoms with E-state index < -0.39 is 5.91 Å². The molecule has 0 radical (unpaired) electrons. The first-order valence-electron chi connectivity index (χ1n) is 4.76. The summed E-state index contributed by atoms with van der Waals surface area (Å²) in [5.41, 5.74) is 11.9. The minimum Gasteiger partial charge on any atom is -0.368 e. The summed E-state index contributed by atoms with van der Waals surface area (Å²) in [4.78, 5) is 11.2. The maximum absolute atomic E-state index is 11.2. The van der Waals surface area contributed by atoms with Crippen molar-refractivity contribution in [3.63, 3.8) is 0 Å². The third-order valence-corrected chi connectivity index (χ3v) is 2.06. The number of primary amides is 1. The summed E-state index contributed by atoms with van der Waals surface area (Å²) in [5, 5.41) is 7.18. The molecule has 15 heavy (non-hydrogen) atoms. The van der Waals surface area contributed by atoms with Crippen molar-refractivity contribution in [2.75, 3.05) is 11.9 Å². The Hall–Kier alpha value is -1.56. The number of hydrogen-bond acceptors (Lipinski definition) is 4. The van der Waals surface area contributed by atoms with Crippen LogP contribution in [0.1, 0.15) is 23.0 Å². The number of aromatic nitrogens is 2. The van der Waals surface area contributed by atoms with E-state index in [-0.39, 0.29) is 6.04 Å². The second-order valence-corrected chi connectivity index (χ2v) is 3.66. The number of nitrogens with one attached hydrogen (secondary N) is 1. The second-order valence-electron chi connectivity index (χ2n) is 3.66. The van der Waals surface area contributed by atoms with Crippen molar-refractivity contribution in [2.45, 2.75) is 19.9 Å². The van der Waals surface area contributed by atoms with Crippen LogP contribution in [0.2, 0.25) is 0 Å². The zero-order valence-corrected chi connectivity index (χ0v) is 9.24. The quantitative estimate of drug-likeness (QED) is 0.630. The molecule has 0 aliphatic carbocycles. The van der Waals surface area contributed by atoms with Gasteiger partial charge in [0, 0.05) is 19.6 Å². The fourth-order valence-electron chi connectivity index (χ4n) is 1.41. The van der Waals surface area contributed by atoms with E-state index in [1.165, 1.54) is 0 Å². The van der Waals surface area contributed by atoms with Gasteiger partial charge in [0.25, 0.3) is 5.91 Å². The number of carbonyl (C=O) groups is 1. The van der Waals surface area contributed by atoms with E-state index >= 15 is 0 Å². The van der Waals surface area contributed by atoms with Crippen molar-refractivity contribution in [1.29, 1.82) is 0 Å². The zero-order valence-electron chi connectivity index (χ0n) is 9.24. The van der Waals surface area contributed by atoms with Crippen LogP contribution in [0.15, 0.2) is 0 Å². The van der Waals surface area contributed by atoms with E-state index in [9.17, 15) is 4.79 Å². The molecule has 6 nitrogen and oxygen atoms in total. The van der Waals surface area contributed by atoms with E-state index in [2.05, 4.69) is 10.4 Å². The fourth-order valence-corrected chi connectivity index (χ4v) is 1.41. The third-order valence-electron chi connectivity index (χ3n) is 2.06. The molecule has 0 bridgehead atoms. The Balaban J connectivity index is 2.99. The van der Waals surface area contributed by atoms with Crippen LogP contribution in [-0.4, -0.2) is 28.3 Å². The van der Waals surface area contributed by atoms with Crippen molar-refractivity contribution in [3.8, 4) is 0 Å². The molecule has 0 aliphatic rings. The highest BCUT2D eigenvalue weighted by atomic mass is 16.1. The van der Waals surface area contributed by atoms with Gasteiger partial charge in [0.2, 0.25) is 0 Å². The molecule has 5 N–H and O–H groups in total. The predicted octanol–water partition coefficient (Wildman–Crippen LogP) is -0.413. The molecule has 6 heteroatoms. The molecule has 1 aromatic rings. The molecular weight excluding hydrogens is 194 g/mol. The first-order valence-corrected chi connectivity index (χ1v) is 4.76. The first kappa shape index (κ1) is 11.5. The molecule has 0 saturated heterocycles. The van der Waals surface area contributed by atoms with E-state index in [1.807, 2.05) is 6.92 Å². The fraction of sp³-hybridized carbons (Fsp3) is 0.556. The molecule has 1 amide bonds. The molecular formula is C9H17N5O. The highest BCUT2D eigenvalue weighted by Crippen LogP contribution is 2.17. The highest BCUT2D eigenvalue weighted by Gasteiger charge is 2.17. The van der Waals surface area contributed by atoms with Crippen LogP contribution in [-0.2, 0) is 7.05 Å². The molecule has 0 aliphatic heterocycles. The van der Waals surface area contributed by atoms with E-state index in [4.69, 9.17) is 11.5 Å². The molecule has 0 fully saturated rings. The van der Waals surface area contributed by atoms with Crippen LogP contribution in [0.3, 0.4) is 0 Å². The Morgan fingerprint density at radius 3 is 2.73 bits per heavy atom. The van der Waals surface area contributed by atoms with E-state index in [0.29, 0.717) is 23.6 Å². The summed E-state index contributed by atoms with van der Waals surface area (Å²) in [6.07, 6.45) is 0. The Bertz CT molecular complexity index is 369. The summed E-state index contributed by atoms with van der Waals surface area (Å²) >= 11 is 0. The SMILES string of the molecule is Cc1nn(C)c(NCC(C)N)c1C(N)=O. The van der Waals surface area contributed by atoms with Crippen LogP contribution < -0.4 is 16.8 Å². The lowest BCUT2D eigenvalue weighted by molar-refractivity contribution is 0.100. The molecule has 1 atom stereocenters. The second kappa shape index (κ2) is 4.31. The van der Waals surface area contributed by atoms with Gasteiger partial charge in [-0.05, 0) is 13.8 Å². The van der Waals surface area contributed by atoms with Crippen molar-refractivity contribution < 1.29 is 4.79 Å². The smallest absolute Gasteiger partial charge is 0.254 e. The van der Waals surface area contributed by atoms with Crippen LogP contribution >= 0.6 is 0 Å². The molecule has 1 rings (SSSR count).